The predicted octanol–water partition coefficient (Wildman–Crippen LogP) is 0.527. The smallest absolute Gasteiger partial charge is 0.00766 e. The van der Waals surface area contributed by atoms with Gasteiger partial charge in [-0.1, -0.05) is 13.8 Å². The van der Waals surface area contributed by atoms with Gasteiger partial charge in [-0.15, -0.1) is 0 Å². The molecule has 0 saturated heterocycles. The van der Waals surface area contributed by atoms with Crippen molar-refractivity contribution in [3.05, 3.63) is 0 Å². The largest absolute Gasteiger partial charge is 0.318 e. The van der Waals surface area contributed by atoms with Crippen LogP contribution in [-0.4, -0.2) is 51.2 Å². The molecule has 0 spiro atoms. The lowest BCUT2D eigenvalue weighted by Crippen LogP contribution is -2.29. The number of likely N-dealkylation sites (N-methyl/N-ethyl adjacent to an activating group) is 1. The summed E-state index contributed by atoms with van der Waals surface area (Å²) in [4.78, 5) is 2.46. The fourth-order valence-electron chi connectivity index (χ4n) is 1.31. The van der Waals surface area contributed by atoms with Crippen molar-refractivity contribution in [1.29, 1.82) is 0 Å². The molecule has 0 heterocycles. The van der Waals surface area contributed by atoms with Crippen LogP contribution in [0.2, 0.25) is 0 Å². The van der Waals surface area contributed by atoms with Gasteiger partial charge >= 0.3 is 0 Å². The minimum Gasteiger partial charge on any atom is -0.318 e. The highest BCUT2D eigenvalue weighted by Crippen LogP contribution is 1.88. The molecule has 2 N–H and O–H groups in total. The zero-order chi connectivity index (χ0) is 9.94. The Morgan fingerprint density at radius 2 is 1.69 bits per heavy atom. The standard InChI is InChI=1S/C10H25N3/c1-4-13(5-2)10-6-7-12-9-8-11-3/h11-12H,4-10H2,1-3H3. The summed E-state index contributed by atoms with van der Waals surface area (Å²) in [5.74, 6) is 0. The second kappa shape index (κ2) is 9.96. The lowest BCUT2D eigenvalue weighted by Gasteiger charge is -2.17. The van der Waals surface area contributed by atoms with E-state index < -0.39 is 0 Å². The Labute approximate surface area is 82.9 Å². The van der Waals surface area contributed by atoms with E-state index in [1.54, 1.807) is 0 Å². The second-order valence-electron chi connectivity index (χ2n) is 3.23. The summed E-state index contributed by atoms with van der Waals surface area (Å²) in [6.07, 6.45) is 1.26. The van der Waals surface area contributed by atoms with Crippen molar-refractivity contribution < 1.29 is 0 Å². The van der Waals surface area contributed by atoms with Gasteiger partial charge in [-0.05, 0) is 39.6 Å². The third kappa shape index (κ3) is 8.22. The van der Waals surface area contributed by atoms with Crippen molar-refractivity contribution in [1.82, 2.24) is 15.5 Å². The van der Waals surface area contributed by atoms with E-state index in [-0.39, 0.29) is 0 Å². The summed E-state index contributed by atoms with van der Waals surface area (Å²) >= 11 is 0. The van der Waals surface area contributed by atoms with E-state index in [0.717, 1.165) is 19.6 Å². The summed E-state index contributed by atoms with van der Waals surface area (Å²) in [6, 6.07) is 0. The molecular weight excluding hydrogens is 162 g/mol. The monoisotopic (exact) mass is 187 g/mol. The van der Waals surface area contributed by atoms with Crippen molar-refractivity contribution in [2.45, 2.75) is 20.3 Å². The van der Waals surface area contributed by atoms with Gasteiger partial charge < -0.3 is 15.5 Å². The first-order valence-electron chi connectivity index (χ1n) is 5.42. The van der Waals surface area contributed by atoms with Crippen molar-refractivity contribution in [3.63, 3.8) is 0 Å². The molecule has 0 amide bonds. The molecule has 0 aromatic rings. The molecule has 80 valence electrons. The first-order chi connectivity index (χ1) is 6.35. The van der Waals surface area contributed by atoms with Crippen LogP contribution in [0.5, 0.6) is 0 Å². The Morgan fingerprint density at radius 1 is 1.00 bits per heavy atom. The first kappa shape index (κ1) is 12.9. The van der Waals surface area contributed by atoms with E-state index in [1.165, 1.54) is 26.1 Å². The van der Waals surface area contributed by atoms with Crippen LogP contribution >= 0.6 is 0 Å². The fraction of sp³-hybridized carbons (Fsp3) is 1.00. The molecule has 0 aromatic heterocycles. The number of nitrogens with zero attached hydrogens (tertiary/aromatic N) is 1. The average Bonchev–Trinajstić information content (AvgIpc) is 2.17. The Morgan fingerprint density at radius 3 is 2.23 bits per heavy atom. The molecule has 0 saturated carbocycles. The minimum atomic E-state index is 1.06. The summed E-state index contributed by atoms with van der Waals surface area (Å²) in [7, 11) is 1.98. The highest BCUT2D eigenvalue weighted by Gasteiger charge is 1.96. The van der Waals surface area contributed by atoms with Crippen molar-refractivity contribution in [3.8, 4) is 0 Å². The van der Waals surface area contributed by atoms with Gasteiger partial charge in [-0.3, -0.25) is 0 Å². The van der Waals surface area contributed by atoms with Crippen LogP contribution in [-0.2, 0) is 0 Å². The van der Waals surface area contributed by atoms with Crippen molar-refractivity contribution in [2.75, 3.05) is 46.3 Å². The van der Waals surface area contributed by atoms with Crippen LogP contribution in [0.25, 0.3) is 0 Å². The minimum absolute atomic E-state index is 1.06. The van der Waals surface area contributed by atoms with Gasteiger partial charge in [-0.25, -0.2) is 0 Å². The molecule has 0 rings (SSSR count). The van der Waals surface area contributed by atoms with E-state index in [0.29, 0.717) is 0 Å². The van der Waals surface area contributed by atoms with Gasteiger partial charge in [0.1, 0.15) is 0 Å². The van der Waals surface area contributed by atoms with Gasteiger partial charge in [0.25, 0.3) is 0 Å². The zero-order valence-electron chi connectivity index (χ0n) is 9.40. The Balaban J connectivity index is 3.05. The summed E-state index contributed by atoms with van der Waals surface area (Å²) < 4.78 is 0. The molecular formula is C10H25N3. The number of hydrogen-bond donors (Lipinski definition) is 2. The van der Waals surface area contributed by atoms with Crippen molar-refractivity contribution in [2.24, 2.45) is 0 Å². The second-order valence-corrected chi connectivity index (χ2v) is 3.23. The molecule has 0 radical (unpaired) electrons. The quantitative estimate of drug-likeness (QED) is 0.516. The van der Waals surface area contributed by atoms with Crippen LogP contribution in [0, 0.1) is 0 Å². The lowest BCUT2D eigenvalue weighted by molar-refractivity contribution is 0.298. The van der Waals surface area contributed by atoms with Crippen LogP contribution < -0.4 is 10.6 Å². The van der Waals surface area contributed by atoms with Gasteiger partial charge in [0.2, 0.25) is 0 Å². The summed E-state index contributed by atoms with van der Waals surface area (Å²) in [5.41, 5.74) is 0. The molecule has 3 heteroatoms. The van der Waals surface area contributed by atoms with E-state index in [2.05, 4.69) is 29.4 Å². The third-order valence-corrected chi connectivity index (χ3v) is 2.27. The summed E-state index contributed by atoms with van der Waals surface area (Å²) in [5, 5.41) is 6.52. The maximum absolute atomic E-state index is 3.40. The lowest BCUT2D eigenvalue weighted by atomic mass is 10.3. The SMILES string of the molecule is CCN(CC)CCCNCCNC. The van der Waals surface area contributed by atoms with Gasteiger partial charge in [0, 0.05) is 13.1 Å². The normalized spacial score (nSPS) is 11.1. The molecule has 3 nitrogen and oxygen atoms in total. The molecule has 0 aliphatic rings. The topological polar surface area (TPSA) is 27.3 Å². The number of nitrogens with one attached hydrogen (secondary N) is 2. The van der Waals surface area contributed by atoms with Crippen molar-refractivity contribution >= 4 is 0 Å². The number of rotatable bonds is 9. The molecule has 0 aromatic carbocycles. The first-order valence-corrected chi connectivity index (χ1v) is 5.42. The molecule has 0 aliphatic heterocycles. The van der Waals surface area contributed by atoms with E-state index in [1.807, 2.05) is 7.05 Å². The third-order valence-electron chi connectivity index (χ3n) is 2.27. The Kier molecular flexibility index (Phi) is 9.87. The average molecular weight is 187 g/mol. The van der Waals surface area contributed by atoms with E-state index in [9.17, 15) is 0 Å². The molecule has 0 aliphatic carbocycles. The van der Waals surface area contributed by atoms with E-state index >= 15 is 0 Å². The molecule has 0 fully saturated rings. The number of hydrogen-bond acceptors (Lipinski definition) is 3. The van der Waals surface area contributed by atoms with E-state index in [4.69, 9.17) is 0 Å². The molecule has 0 unspecified atom stereocenters. The molecule has 0 atom stereocenters. The molecule has 0 bridgehead atoms. The zero-order valence-corrected chi connectivity index (χ0v) is 9.40. The van der Waals surface area contributed by atoms with Gasteiger partial charge in [0.15, 0.2) is 0 Å². The highest BCUT2D eigenvalue weighted by molar-refractivity contribution is 4.55. The Hall–Kier alpha value is -0.120. The van der Waals surface area contributed by atoms with Crippen LogP contribution in [0.4, 0.5) is 0 Å². The van der Waals surface area contributed by atoms with Crippen LogP contribution in [0.15, 0.2) is 0 Å². The highest BCUT2D eigenvalue weighted by atomic mass is 15.1. The maximum Gasteiger partial charge on any atom is 0.00766 e. The molecule has 13 heavy (non-hydrogen) atoms. The van der Waals surface area contributed by atoms with Crippen LogP contribution in [0.1, 0.15) is 20.3 Å². The van der Waals surface area contributed by atoms with Gasteiger partial charge in [-0.2, -0.15) is 0 Å². The maximum atomic E-state index is 3.40. The summed E-state index contributed by atoms with van der Waals surface area (Å²) in [6.45, 7) is 11.3. The predicted molar refractivity (Wildman–Crippen MR) is 59.2 cm³/mol. The Bertz CT molecular complexity index is 92.2. The van der Waals surface area contributed by atoms with Crippen LogP contribution in [0.3, 0.4) is 0 Å². The fourth-order valence-corrected chi connectivity index (χ4v) is 1.31. The van der Waals surface area contributed by atoms with Gasteiger partial charge in [0.05, 0.1) is 0 Å².